The van der Waals surface area contributed by atoms with Gasteiger partial charge in [0.05, 0.1) is 0 Å². The summed E-state index contributed by atoms with van der Waals surface area (Å²) >= 11 is 0. The van der Waals surface area contributed by atoms with Crippen LogP contribution in [0.1, 0.15) is 37.7 Å². The van der Waals surface area contributed by atoms with Gasteiger partial charge in [0.1, 0.15) is 0 Å². The van der Waals surface area contributed by atoms with E-state index in [2.05, 4.69) is 35.1 Å². The van der Waals surface area contributed by atoms with E-state index < -0.39 is 0 Å². The van der Waals surface area contributed by atoms with Gasteiger partial charge in [0.2, 0.25) is 0 Å². The third-order valence-corrected chi connectivity index (χ3v) is 2.99. The summed E-state index contributed by atoms with van der Waals surface area (Å²) in [4.78, 5) is 3.10. The molecule has 0 saturated heterocycles. The number of rotatable bonds is 7. The summed E-state index contributed by atoms with van der Waals surface area (Å²) in [6.45, 7) is 0. The van der Waals surface area contributed by atoms with Crippen molar-refractivity contribution >= 4 is 0 Å². The molecule has 0 amide bonds. The molecule has 0 radical (unpaired) electrons. The summed E-state index contributed by atoms with van der Waals surface area (Å²) in [7, 11) is 0. The van der Waals surface area contributed by atoms with Crippen LogP contribution < -0.4 is 0 Å². The van der Waals surface area contributed by atoms with Crippen molar-refractivity contribution in [3.8, 4) is 0 Å². The summed E-state index contributed by atoms with van der Waals surface area (Å²) in [5, 5.41) is 0. The van der Waals surface area contributed by atoms with Crippen LogP contribution in [0.4, 0.5) is 0 Å². The van der Waals surface area contributed by atoms with Gasteiger partial charge in [-0.3, -0.25) is 0 Å². The van der Waals surface area contributed by atoms with E-state index in [0.29, 0.717) is 0 Å². The first-order valence-corrected chi connectivity index (χ1v) is 6.19. The number of aryl methyl sites for hydroxylation is 1. The lowest BCUT2D eigenvalue weighted by Gasteiger charge is -2.00. The molecule has 0 bridgehead atoms. The normalized spacial score (nSPS) is 13.4. The summed E-state index contributed by atoms with van der Waals surface area (Å²) in [6, 6.07) is 2.17. The van der Waals surface area contributed by atoms with Crippen molar-refractivity contribution in [2.24, 2.45) is 0 Å². The molecule has 1 aromatic rings. The number of hydrogen-bond acceptors (Lipinski definition) is 0. The van der Waals surface area contributed by atoms with Gasteiger partial charge in [-0.25, -0.2) is 0 Å². The van der Waals surface area contributed by atoms with Gasteiger partial charge < -0.3 is 4.98 Å². The second-order valence-corrected chi connectivity index (χ2v) is 4.33. The Morgan fingerprint density at radius 3 is 2.62 bits per heavy atom. The first-order chi connectivity index (χ1) is 7.95. The number of aromatic nitrogens is 1. The maximum absolute atomic E-state index is 3.25. The lowest BCUT2D eigenvalue weighted by molar-refractivity contribution is 0.642. The maximum Gasteiger partial charge on any atom is 0.00373 e. The molecule has 1 aliphatic rings. The summed E-state index contributed by atoms with van der Waals surface area (Å²) in [5.74, 6) is 0. The molecule has 0 unspecified atom stereocenters. The molecule has 1 heterocycles. The van der Waals surface area contributed by atoms with E-state index in [-0.39, 0.29) is 0 Å². The topological polar surface area (TPSA) is 15.8 Å². The van der Waals surface area contributed by atoms with Crippen molar-refractivity contribution < 1.29 is 0 Å². The number of H-pyrrole nitrogens is 1. The summed E-state index contributed by atoms with van der Waals surface area (Å²) in [5.41, 5.74) is 6.05. The molecule has 16 heavy (non-hydrogen) atoms. The quantitative estimate of drug-likeness (QED) is 0.517. The van der Waals surface area contributed by atoms with Crippen molar-refractivity contribution in [3.05, 3.63) is 53.6 Å². The molecule has 1 N–H and O–H groups in total. The van der Waals surface area contributed by atoms with Gasteiger partial charge in [-0.2, -0.15) is 0 Å². The highest BCUT2D eigenvalue weighted by Gasteiger charge is 1.96. The number of aromatic amines is 1. The average Bonchev–Trinajstić information content (AvgIpc) is 2.96. The van der Waals surface area contributed by atoms with Crippen LogP contribution in [-0.2, 0) is 6.42 Å². The third kappa shape index (κ3) is 3.60. The molecule has 84 valence electrons. The maximum atomic E-state index is 3.25. The van der Waals surface area contributed by atoms with Gasteiger partial charge in [-0.1, -0.05) is 25.0 Å². The van der Waals surface area contributed by atoms with Crippen LogP contribution in [0.25, 0.3) is 0 Å². The van der Waals surface area contributed by atoms with Crippen molar-refractivity contribution in [3.63, 3.8) is 0 Å². The zero-order chi connectivity index (χ0) is 11.1. The number of allylic oxidation sites excluding steroid dienone is 3. The van der Waals surface area contributed by atoms with E-state index in [1.165, 1.54) is 49.7 Å². The fourth-order valence-corrected chi connectivity index (χ4v) is 2.04. The molecule has 1 heteroatoms. The number of unbranched alkanes of at least 4 members (excludes halogenated alkanes) is 3. The summed E-state index contributed by atoms with van der Waals surface area (Å²) < 4.78 is 0. The zero-order valence-corrected chi connectivity index (χ0v) is 9.71. The van der Waals surface area contributed by atoms with Crippen LogP contribution in [0.15, 0.2) is 48.0 Å². The van der Waals surface area contributed by atoms with Crippen LogP contribution in [0.2, 0.25) is 0 Å². The van der Waals surface area contributed by atoms with Crippen LogP contribution >= 0.6 is 0 Å². The van der Waals surface area contributed by atoms with Crippen LogP contribution in [0.5, 0.6) is 0 Å². The minimum atomic E-state index is 1.19. The fourth-order valence-electron chi connectivity index (χ4n) is 2.04. The number of nitrogens with one attached hydrogen (secondary N) is 1. The fraction of sp³-hybridized carbons (Fsp3) is 0.400. The molecular weight excluding hydrogens is 194 g/mol. The highest BCUT2D eigenvalue weighted by molar-refractivity contribution is 5.28. The van der Waals surface area contributed by atoms with Gasteiger partial charge in [0.25, 0.3) is 0 Å². The van der Waals surface area contributed by atoms with E-state index in [0.717, 1.165) is 0 Å². The SMILES string of the molecule is C1=CC=CC=1CCCCCCc1cc[nH]c1. The molecule has 0 aliphatic heterocycles. The minimum absolute atomic E-state index is 1.19. The van der Waals surface area contributed by atoms with Crippen molar-refractivity contribution in [1.29, 1.82) is 0 Å². The standard InChI is InChI=1S/C15H19N/c1(3-7-14-8-5-6-9-14)2-4-10-15-11-12-16-13-15/h5-6,8,11-13,16H,1-4,7,10H2. The Balaban J connectivity index is 1.49. The van der Waals surface area contributed by atoms with Gasteiger partial charge in [-0.05, 0) is 49.0 Å². The Hall–Kier alpha value is -1.46. The predicted molar refractivity (Wildman–Crippen MR) is 68.3 cm³/mol. The largest absolute Gasteiger partial charge is 0.367 e. The lowest BCUT2D eigenvalue weighted by atomic mass is 10.1. The van der Waals surface area contributed by atoms with Gasteiger partial charge >= 0.3 is 0 Å². The molecule has 1 aromatic heterocycles. The molecule has 2 rings (SSSR count). The predicted octanol–water partition coefficient (Wildman–Crippen LogP) is 4.16. The molecule has 0 atom stereocenters. The van der Waals surface area contributed by atoms with Gasteiger partial charge in [0, 0.05) is 12.4 Å². The third-order valence-electron chi connectivity index (χ3n) is 2.99. The van der Waals surface area contributed by atoms with Crippen molar-refractivity contribution in [2.45, 2.75) is 38.5 Å². The molecule has 1 aliphatic carbocycles. The molecule has 0 fully saturated rings. The molecule has 1 nitrogen and oxygen atoms in total. The van der Waals surface area contributed by atoms with E-state index in [9.17, 15) is 0 Å². The van der Waals surface area contributed by atoms with E-state index >= 15 is 0 Å². The molecular formula is C15H19N. The average molecular weight is 213 g/mol. The Labute approximate surface area is 97.6 Å². The number of hydrogen-bond donors (Lipinski definition) is 1. The Morgan fingerprint density at radius 1 is 1.06 bits per heavy atom. The molecule has 0 aromatic carbocycles. The molecule has 0 saturated carbocycles. The second-order valence-electron chi connectivity index (χ2n) is 4.33. The minimum Gasteiger partial charge on any atom is -0.367 e. The van der Waals surface area contributed by atoms with Crippen LogP contribution in [-0.4, -0.2) is 4.98 Å². The van der Waals surface area contributed by atoms with Crippen molar-refractivity contribution in [2.75, 3.05) is 0 Å². The highest BCUT2D eigenvalue weighted by Crippen LogP contribution is 2.14. The Bertz CT molecular complexity index is 389. The van der Waals surface area contributed by atoms with Crippen LogP contribution in [0.3, 0.4) is 0 Å². The second kappa shape index (κ2) is 6.19. The molecule has 0 spiro atoms. The first-order valence-electron chi connectivity index (χ1n) is 6.19. The zero-order valence-electron chi connectivity index (χ0n) is 9.71. The Kier molecular flexibility index (Phi) is 4.27. The summed E-state index contributed by atoms with van der Waals surface area (Å²) in [6.07, 6.45) is 18.0. The smallest absolute Gasteiger partial charge is 0.00373 e. The van der Waals surface area contributed by atoms with E-state index in [4.69, 9.17) is 0 Å². The van der Waals surface area contributed by atoms with E-state index in [1.54, 1.807) is 0 Å². The van der Waals surface area contributed by atoms with Crippen LogP contribution in [0, 0.1) is 0 Å². The van der Waals surface area contributed by atoms with Crippen molar-refractivity contribution in [1.82, 2.24) is 4.98 Å². The first kappa shape index (κ1) is 11.0. The van der Waals surface area contributed by atoms with Gasteiger partial charge in [-0.15, -0.1) is 5.73 Å². The lowest BCUT2D eigenvalue weighted by Crippen LogP contribution is -1.84. The Morgan fingerprint density at radius 2 is 1.94 bits per heavy atom. The van der Waals surface area contributed by atoms with Gasteiger partial charge in [0.15, 0.2) is 0 Å². The van der Waals surface area contributed by atoms with E-state index in [1.807, 2.05) is 12.3 Å². The monoisotopic (exact) mass is 213 g/mol. The highest BCUT2D eigenvalue weighted by atomic mass is 14.6.